The second kappa shape index (κ2) is 12.8. The van der Waals surface area contributed by atoms with Crippen LogP contribution in [0.15, 0.2) is 155 Å². The van der Waals surface area contributed by atoms with Crippen LogP contribution < -0.4 is 5.32 Å². The molecular weight excluding hydrogens is 586 g/mol. The highest BCUT2D eigenvalue weighted by Crippen LogP contribution is 2.33. The Hall–Kier alpha value is -6.54. The van der Waals surface area contributed by atoms with E-state index in [1.54, 1.807) is 18.3 Å². The second-order valence-corrected chi connectivity index (χ2v) is 10.8. The first-order valence-electron chi connectivity index (χ1n) is 15.0. The quantitative estimate of drug-likeness (QED) is 0.156. The number of rotatable bonds is 8. The van der Waals surface area contributed by atoms with Crippen molar-refractivity contribution in [3.63, 3.8) is 0 Å². The molecule has 0 saturated heterocycles. The molecule has 3 aromatic carbocycles. The molecule has 228 valence electrons. The van der Waals surface area contributed by atoms with Crippen molar-refractivity contribution in [1.82, 2.24) is 9.97 Å². The Morgan fingerprint density at radius 3 is 2.04 bits per heavy atom. The average Bonchev–Trinajstić information content (AvgIpc) is 3.95. The number of nitrogens with one attached hydrogen (secondary N) is 3. The number of allylic oxidation sites excluding steroid dienone is 4. The van der Waals surface area contributed by atoms with Crippen molar-refractivity contribution < 1.29 is 14.3 Å². The lowest BCUT2D eigenvalue weighted by Crippen LogP contribution is -2.11. The Kier molecular flexibility index (Phi) is 7.96. The molecule has 0 atom stereocenters. The molecule has 7 rings (SSSR count). The molecule has 0 radical (unpaired) electrons. The Labute approximate surface area is 271 Å². The van der Waals surface area contributed by atoms with Crippen LogP contribution in [0.25, 0.3) is 11.1 Å². The van der Waals surface area contributed by atoms with Crippen molar-refractivity contribution in [3.8, 4) is 0 Å². The monoisotopic (exact) mass is 615 g/mol. The number of benzene rings is 3. The number of nitrogens with zero attached hydrogens (tertiary/aromatic N) is 2. The smallest absolute Gasteiger partial charge is 0.337 e. The topological polar surface area (TPSA) is 112 Å². The van der Waals surface area contributed by atoms with Gasteiger partial charge in [-0.15, -0.1) is 0 Å². The van der Waals surface area contributed by atoms with E-state index in [-0.39, 0.29) is 11.9 Å². The third-order valence-electron chi connectivity index (χ3n) is 7.87. The number of hydrogen-bond donors (Lipinski definition) is 3. The fraction of sp³-hybridized carbons (Fsp3) is 0.0256. The van der Waals surface area contributed by atoms with Gasteiger partial charge >= 0.3 is 5.97 Å². The predicted octanol–water partition coefficient (Wildman–Crippen LogP) is 7.60. The minimum absolute atomic E-state index is 0.175. The molecule has 8 heteroatoms. The normalized spacial score (nSPS) is 15.5. The number of ether oxygens (including phenoxy) is 1. The zero-order valence-electron chi connectivity index (χ0n) is 25.4. The summed E-state index contributed by atoms with van der Waals surface area (Å²) < 4.78 is 4.86. The van der Waals surface area contributed by atoms with Gasteiger partial charge < -0.3 is 20.0 Å². The third kappa shape index (κ3) is 6.08. The van der Waals surface area contributed by atoms with Crippen LogP contribution in [0.1, 0.15) is 48.9 Å². The fourth-order valence-corrected chi connectivity index (χ4v) is 5.56. The molecular formula is C39H29N5O3. The lowest BCUT2D eigenvalue weighted by atomic mass is 9.99. The molecule has 0 unspecified atom stereocenters. The van der Waals surface area contributed by atoms with E-state index < -0.39 is 0 Å². The van der Waals surface area contributed by atoms with E-state index in [2.05, 4.69) is 20.3 Å². The summed E-state index contributed by atoms with van der Waals surface area (Å²) in [5, 5.41) is 2.93. The van der Waals surface area contributed by atoms with Gasteiger partial charge in [0.1, 0.15) is 0 Å². The summed E-state index contributed by atoms with van der Waals surface area (Å²) in [6.45, 7) is 0. The number of para-hydroxylation sites is 1. The predicted molar refractivity (Wildman–Crippen MR) is 186 cm³/mol. The zero-order valence-corrected chi connectivity index (χ0v) is 25.4. The lowest BCUT2D eigenvalue weighted by Gasteiger charge is -2.10. The molecule has 2 aliphatic heterocycles. The van der Waals surface area contributed by atoms with Gasteiger partial charge in [-0.2, -0.15) is 0 Å². The van der Waals surface area contributed by atoms with Crippen molar-refractivity contribution in [2.75, 3.05) is 12.4 Å². The minimum Gasteiger partial charge on any atom is -0.465 e. The Bertz CT molecular complexity index is 2130. The van der Waals surface area contributed by atoms with Crippen molar-refractivity contribution in [2.24, 2.45) is 9.98 Å². The summed E-state index contributed by atoms with van der Waals surface area (Å²) in [4.78, 5) is 41.3. The number of carbonyl (C=O) groups excluding carboxylic acids is 2. The standard InChI is InChI=1S/C39H29N5O3/c1-47-39(46)28-17-13-26(14-18-28)37(33-10-6-24-41-33)35-22-20-31(44-35)30-19-21-34(43-30)36(32-9-5-23-40-32)25-11-15-27(16-12-25)38(45)42-29-7-3-2-4-8-29/h2-24,41,43H,1H3,(H,42,45)/b36-32-,37-35-. The van der Waals surface area contributed by atoms with E-state index >= 15 is 0 Å². The molecule has 0 fully saturated rings. The zero-order chi connectivity index (χ0) is 32.2. The number of hydrogen-bond acceptors (Lipinski definition) is 5. The van der Waals surface area contributed by atoms with E-state index in [4.69, 9.17) is 9.73 Å². The molecule has 0 bridgehead atoms. The highest BCUT2D eigenvalue weighted by molar-refractivity contribution is 6.11. The number of carbonyl (C=O) groups is 2. The Morgan fingerprint density at radius 2 is 1.38 bits per heavy atom. The SMILES string of the molecule is COC(=O)c1ccc(/C(=C2\C=CC(c3ccc(/C(=C4/C=CC=N4)c4ccc(C(=O)Nc5ccccc5)cc4)[nH]3)=N2)c2ccc[nH]2)cc1. The summed E-state index contributed by atoms with van der Waals surface area (Å²) >= 11 is 0. The second-order valence-electron chi connectivity index (χ2n) is 10.8. The van der Waals surface area contributed by atoms with Crippen molar-refractivity contribution >= 4 is 40.6 Å². The van der Waals surface area contributed by atoms with Crippen LogP contribution in [0.5, 0.6) is 0 Å². The molecule has 3 N–H and O–H groups in total. The first-order valence-corrected chi connectivity index (χ1v) is 15.0. The molecule has 47 heavy (non-hydrogen) atoms. The van der Waals surface area contributed by atoms with E-state index in [1.807, 2.05) is 121 Å². The number of methoxy groups -OCH3 is 1. The van der Waals surface area contributed by atoms with E-state index in [0.29, 0.717) is 11.1 Å². The summed E-state index contributed by atoms with van der Waals surface area (Å²) in [5.41, 5.74) is 10.4. The summed E-state index contributed by atoms with van der Waals surface area (Å²) in [5.74, 6) is -0.558. The van der Waals surface area contributed by atoms with Gasteiger partial charge in [0.05, 0.1) is 35.5 Å². The van der Waals surface area contributed by atoms with Crippen molar-refractivity contribution in [3.05, 3.63) is 184 Å². The first-order chi connectivity index (χ1) is 23.1. The molecule has 8 nitrogen and oxygen atoms in total. The van der Waals surface area contributed by atoms with Gasteiger partial charge in [-0.25, -0.2) is 9.79 Å². The Morgan fingerprint density at radius 1 is 0.681 bits per heavy atom. The lowest BCUT2D eigenvalue weighted by molar-refractivity contribution is 0.0600. The molecule has 2 aromatic heterocycles. The molecule has 1 amide bonds. The van der Waals surface area contributed by atoms with Gasteiger partial charge in [-0.1, -0.05) is 42.5 Å². The average molecular weight is 616 g/mol. The molecule has 0 aliphatic carbocycles. The van der Waals surface area contributed by atoms with Gasteiger partial charge in [0.15, 0.2) is 0 Å². The van der Waals surface area contributed by atoms with E-state index in [9.17, 15) is 9.59 Å². The van der Waals surface area contributed by atoms with Crippen LogP contribution >= 0.6 is 0 Å². The number of anilines is 1. The molecule has 2 aliphatic rings. The van der Waals surface area contributed by atoms with Crippen molar-refractivity contribution in [2.45, 2.75) is 0 Å². The maximum absolute atomic E-state index is 12.9. The minimum atomic E-state index is -0.383. The van der Waals surface area contributed by atoms with Crippen LogP contribution in [-0.4, -0.2) is 40.9 Å². The number of aromatic amines is 2. The Balaban J connectivity index is 1.19. The van der Waals surface area contributed by atoms with Gasteiger partial charge in [-0.3, -0.25) is 9.79 Å². The number of esters is 1. The van der Waals surface area contributed by atoms with Crippen LogP contribution in [-0.2, 0) is 4.74 Å². The van der Waals surface area contributed by atoms with Gasteiger partial charge in [0.2, 0.25) is 0 Å². The van der Waals surface area contributed by atoms with Gasteiger partial charge in [0.25, 0.3) is 5.91 Å². The molecule has 0 spiro atoms. The summed E-state index contributed by atoms with van der Waals surface area (Å²) in [6, 6.07) is 32.2. The fourth-order valence-electron chi connectivity index (χ4n) is 5.56. The van der Waals surface area contributed by atoms with Crippen LogP contribution in [0, 0.1) is 0 Å². The largest absolute Gasteiger partial charge is 0.465 e. The van der Waals surface area contributed by atoms with E-state index in [1.165, 1.54) is 7.11 Å². The first kappa shape index (κ1) is 29.2. The number of H-pyrrole nitrogens is 2. The van der Waals surface area contributed by atoms with Crippen LogP contribution in [0.4, 0.5) is 5.69 Å². The van der Waals surface area contributed by atoms with E-state index in [0.717, 1.165) is 62.1 Å². The van der Waals surface area contributed by atoms with Gasteiger partial charge in [0, 0.05) is 46.2 Å². The number of amides is 1. The molecule has 5 aromatic rings. The van der Waals surface area contributed by atoms with Crippen molar-refractivity contribution in [1.29, 1.82) is 0 Å². The number of aromatic nitrogens is 2. The summed E-state index contributed by atoms with van der Waals surface area (Å²) in [7, 11) is 1.37. The molecule has 4 heterocycles. The van der Waals surface area contributed by atoms with Gasteiger partial charge in [-0.05, 0) is 96.1 Å². The number of aliphatic imine (C=N–C) groups is 2. The maximum Gasteiger partial charge on any atom is 0.337 e. The van der Waals surface area contributed by atoms with Crippen LogP contribution in [0.3, 0.4) is 0 Å². The highest BCUT2D eigenvalue weighted by atomic mass is 16.5. The summed E-state index contributed by atoms with van der Waals surface area (Å²) in [6.07, 6.45) is 11.5. The highest BCUT2D eigenvalue weighted by Gasteiger charge is 2.20. The maximum atomic E-state index is 12.9. The third-order valence-corrected chi connectivity index (χ3v) is 7.87. The molecule has 0 saturated carbocycles. The van der Waals surface area contributed by atoms with Crippen LogP contribution in [0.2, 0.25) is 0 Å².